The second-order valence-corrected chi connectivity index (χ2v) is 9.15. The predicted molar refractivity (Wildman–Crippen MR) is 128 cm³/mol. The molecule has 1 saturated carbocycles. The van der Waals surface area contributed by atoms with Crippen molar-refractivity contribution in [3.05, 3.63) is 60.4 Å². The molecular formula is C25H27FN4O3S. The minimum absolute atomic E-state index is 0.0529. The highest BCUT2D eigenvalue weighted by molar-refractivity contribution is 7.99. The number of carbonyl (C=O) groups excluding carboxylic acids is 2. The lowest BCUT2D eigenvalue weighted by atomic mass is 9.94. The number of ether oxygens (including phenoxy) is 1. The molecule has 1 aliphatic rings. The van der Waals surface area contributed by atoms with Crippen LogP contribution in [0.5, 0.6) is 0 Å². The molecule has 1 amide bonds. The van der Waals surface area contributed by atoms with Crippen molar-refractivity contribution in [2.24, 2.45) is 0 Å². The molecule has 0 bridgehead atoms. The van der Waals surface area contributed by atoms with Gasteiger partial charge < -0.3 is 9.64 Å². The molecule has 0 atom stereocenters. The number of benzene rings is 2. The molecule has 34 heavy (non-hydrogen) atoms. The molecule has 2 aromatic carbocycles. The second-order valence-electron chi connectivity index (χ2n) is 8.20. The van der Waals surface area contributed by atoms with Crippen LogP contribution in [0.15, 0.2) is 59.8 Å². The van der Waals surface area contributed by atoms with Crippen LogP contribution in [0.2, 0.25) is 0 Å². The van der Waals surface area contributed by atoms with E-state index in [1.54, 1.807) is 34.7 Å². The molecule has 7 nitrogen and oxygen atoms in total. The number of rotatable bonds is 8. The Morgan fingerprint density at radius 1 is 1.06 bits per heavy atom. The third-order valence-corrected chi connectivity index (χ3v) is 6.86. The standard InChI is InChI=1S/C25H27FN4O3S/c1-29(18-10-4-2-5-11-18)22(31)16-33-23(32)17-34-25-28-27-24(20-14-8-9-15-21(20)26)30(25)19-12-6-3-7-13-19/h3,6-9,12-15,18H,2,4-5,10-11,16-17H2,1H3. The number of hydrogen-bond donors (Lipinski definition) is 0. The van der Waals surface area contributed by atoms with E-state index in [0.29, 0.717) is 16.5 Å². The Hall–Kier alpha value is -3.20. The lowest BCUT2D eigenvalue weighted by Gasteiger charge is -2.31. The first-order valence-electron chi connectivity index (χ1n) is 11.3. The molecule has 1 aromatic heterocycles. The van der Waals surface area contributed by atoms with Crippen molar-refractivity contribution in [3.8, 4) is 17.1 Å². The van der Waals surface area contributed by atoms with Crippen LogP contribution in [-0.2, 0) is 14.3 Å². The molecule has 178 valence electrons. The van der Waals surface area contributed by atoms with E-state index in [1.165, 1.54) is 12.5 Å². The first kappa shape index (κ1) is 23.9. The van der Waals surface area contributed by atoms with Crippen LogP contribution in [0.4, 0.5) is 4.39 Å². The van der Waals surface area contributed by atoms with Crippen molar-refractivity contribution in [1.29, 1.82) is 0 Å². The third-order valence-electron chi connectivity index (χ3n) is 5.95. The Morgan fingerprint density at radius 2 is 1.76 bits per heavy atom. The molecule has 1 aliphatic carbocycles. The molecular weight excluding hydrogens is 455 g/mol. The molecule has 0 unspecified atom stereocenters. The maximum absolute atomic E-state index is 14.5. The van der Waals surface area contributed by atoms with Gasteiger partial charge in [0.15, 0.2) is 17.6 Å². The summed E-state index contributed by atoms with van der Waals surface area (Å²) in [6.45, 7) is -0.280. The van der Waals surface area contributed by atoms with E-state index >= 15 is 0 Å². The average Bonchev–Trinajstić information content (AvgIpc) is 3.30. The van der Waals surface area contributed by atoms with Crippen molar-refractivity contribution >= 4 is 23.6 Å². The SMILES string of the molecule is CN(C(=O)COC(=O)CSc1nnc(-c2ccccc2F)n1-c1ccccc1)C1CCCCC1. The predicted octanol–water partition coefficient (Wildman–Crippen LogP) is 4.50. The largest absolute Gasteiger partial charge is 0.455 e. The van der Waals surface area contributed by atoms with E-state index in [2.05, 4.69) is 10.2 Å². The Morgan fingerprint density at radius 3 is 2.50 bits per heavy atom. The summed E-state index contributed by atoms with van der Waals surface area (Å²) in [4.78, 5) is 26.5. The molecule has 1 heterocycles. The zero-order valence-electron chi connectivity index (χ0n) is 19.0. The first-order valence-corrected chi connectivity index (χ1v) is 12.3. The fourth-order valence-electron chi connectivity index (χ4n) is 4.07. The third kappa shape index (κ3) is 5.64. The highest BCUT2D eigenvalue weighted by Gasteiger charge is 2.23. The lowest BCUT2D eigenvalue weighted by molar-refractivity contribution is -0.150. The fraction of sp³-hybridized carbons (Fsp3) is 0.360. The molecule has 0 N–H and O–H groups in total. The molecule has 9 heteroatoms. The van der Waals surface area contributed by atoms with Crippen LogP contribution in [0.25, 0.3) is 17.1 Å². The number of halogens is 1. The minimum atomic E-state index is -0.523. The van der Waals surface area contributed by atoms with Crippen LogP contribution in [0.1, 0.15) is 32.1 Å². The van der Waals surface area contributed by atoms with Gasteiger partial charge in [-0.05, 0) is 37.1 Å². The van der Waals surface area contributed by atoms with Gasteiger partial charge in [0.1, 0.15) is 5.82 Å². The van der Waals surface area contributed by atoms with Gasteiger partial charge in [0.05, 0.1) is 11.3 Å². The normalized spacial score (nSPS) is 14.1. The summed E-state index contributed by atoms with van der Waals surface area (Å²) >= 11 is 1.13. The van der Waals surface area contributed by atoms with Gasteiger partial charge in [-0.1, -0.05) is 61.4 Å². The molecule has 0 spiro atoms. The number of carbonyl (C=O) groups is 2. The monoisotopic (exact) mass is 482 g/mol. The molecule has 1 fully saturated rings. The van der Waals surface area contributed by atoms with Gasteiger partial charge in [0.25, 0.3) is 5.91 Å². The van der Waals surface area contributed by atoms with Crippen LogP contribution in [0.3, 0.4) is 0 Å². The van der Waals surface area contributed by atoms with Crippen molar-refractivity contribution in [2.75, 3.05) is 19.4 Å². The smallest absolute Gasteiger partial charge is 0.316 e. The van der Waals surface area contributed by atoms with Crippen LogP contribution in [0, 0.1) is 5.82 Å². The van der Waals surface area contributed by atoms with E-state index in [-0.39, 0.29) is 24.3 Å². The molecule has 3 aromatic rings. The molecule has 4 rings (SSSR count). The zero-order valence-corrected chi connectivity index (χ0v) is 19.8. The summed E-state index contributed by atoms with van der Waals surface area (Å²) < 4.78 is 21.4. The van der Waals surface area contributed by atoms with Crippen LogP contribution < -0.4 is 0 Å². The van der Waals surface area contributed by atoms with Crippen molar-refractivity contribution in [2.45, 2.75) is 43.3 Å². The molecule has 0 aliphatic heterocycles. The first-order chi connectivity index (χ1) is 16.5. The van der Waals surface area contributed by atoms with E-state index in [0.717, 1.165) is 43.1 Å². The lowest BCUT2D eigenvalue weighted by Crippen LogP contribution is -2.40. The quantitative estimate of drug-likeness (QED) is 0.348. The summed E-state index contributed by atoms with van der Waals surface area (Å²) in [7, 11) is 1.77. The molecule has 0 radical (unpaired) electrons. The highest BCUT2D eigenvalue weighted by Crippen LogP contribution is 2.29. The maximum Gasteiger partial charge on any atom is 0.316 e. The number of para-hydroxylation sites is 1. The van der Waals surface area contributed by atoms with Crippen LogP contribution >= 0.6 is 11.8 Å². The number of esters is 1. The minimum Gasteiger partial charge on any atom is -0.455 e. The Balaban J connectivity index is 1.42. The van der Waals surface area contributed by atoms with Gasteiger partial charge in [0.2, 0.25) is 0 Å². The number of hydrogen-bond acceptors (Lipinski definition) is 6. The van der Waals surface area contributed by atoms with Crippen molar-refractivity contribution < 1.29 is 18.7 Å². The van der Waals surface area contributed by atoms with Crippen molar-refractivity contribution in [1.82, 2.24) is 19.7 Å². The van der Waals surface area contributed by atoms with Crippen LogP contribution in [-0.4, -0.2) is 57.0 Å². The van der Waals surface area contributed by atoms with Gasteiger partial charge in [-0.25, -0.2) is 4.39 Å². The van der Waals surface area contributed by atoms with Gasteiger partial charge in [-0.15, -0.1) is 10.2 Å². The maximum atomic E-state index is 14.5. The number of thioether (sulfide) groups is 1. The van der Waals surface area contributed by atoms with E-state index in [4.69, 9.17) is 4.74 Å². The topological polar surface area (TPSA) is 77.3 Å². The van der Waals surface area contributed by atoms with E-state index in [9.17, 15) is 14.0 Å². The number of nitrogens with zero attached hydrogens (tertiary/aromatic N) is 4. The Bertz CT molecular complexity index is 1130. The number of amides is 1. The number of likely N-dealkylation sites (N-methyl/N-ethyl adjacent to an activating group) is 1. The van der Waals surface area contributed by atoms with E-state index in [1.807, 2.05) is 30.3 Å². The van der Waals surface area contributed by atoms with Gasteiger partial charge in [-0.2, -0.15) is 0 Å². The Labute approximate surface area is 202 Å². The van der Waals surface area contributed by atoms with Gasteiger partial charge in [-0.3, -0.25) is 14.2 Å². The van der Waals surface area contributed by atoms with E-state index < -0.39 is 11.8 Å². The summed E-state index contributed by atoms with van der Waals surface area (Å²) in [5, 5.41) is 8.81. The van der Waals surface area contributed by atoms with Gasteiger partial charge in [0, 0.05) is 18.8 Å². The zero-order chi connectivity index (χ0) is 23.9. The average molecular weight is 483 g/mol. The summed E-state index contributed by atoms with van der Waals surface area (Å²) in [6.07, 6.45) is 5.43. The molecule has 0 saturated heterocycles. The second kappa shape index (κ2) is 11.3. The van der Waals surface area contributed by atoms with Crippen molar-refractivity contribution in [3.63, 3.8) is 0 Å². The fourth-order valence-corrected chi connectivity index (χ4v) is 4.82. The summed E-state index contributed by atoms with van der Waals surface area (Å²) in [5.74, 6) is -0.846. The summed E-state index contributed by atoms with van der Waals surface area (Å²) in [6, 6.07) is 15.9. The summed E-state index contributed by atoms with van der Waals surface area (Å²) in [5.41, 5.74) is 1.05. The highest BCUT2D eigenvalue weighted by atomic mass is 32.2. The number of aromatic nitrogens is 3. The van der Waals surface area contributed by atoms with Gasteiger partial charge >= 0.3 is 5.97 Å². The Kier molecular flexibility index (Phi) is 7.95.